The smallest absolute Gasteiger partial charge is 0.264 e. The van der Waals surface area contributed by atoms with Crippen LogP contribution < -0.4 is 5.56 Å². The monoisotopic (exact) mass is 573 g/mol. The van der Waals surface area contributed by atoms with E-state index in [4.69, 9.17) is 11.6 Å². The third-order valence-electron chi connectivity index (χ3n) is 8.45. The molecule has 206 valence electrons. The predicted molar refractivity (Wildman–Crippen MR) is 177 cm³/mol. The van der Waals surface area contributed by atoms with E-state index >= 15 is 0 Å². The molecule has 8 aromatic rings. The minimum atomic E-state index is -0.158. The summed E-state index contributed by atoms with van der Waals surface area (Å²) >= 11 is 0. The Labute approximate surface area is 257 Å². The van der Waals surface area contributed by atoms with Crippen molar-refractivity contribution in [3.05, 3.63) is 148 Å². The summed E-state index contributed by atoms with van der Waals surface area (Å²) in [6, 6.07) is 40.5. The Morgan fingerprint density at radius 1 is 0.644 bits per heavy atom. The molecule has 8 rings (SSSR count). The fourth-order valence-electron chi connectivity index (χ4n) is 6.27. The zero-order valence-electron chi connectivity index (χ0n) is 23.6. The average molecular weight is 574 g/mol. The lowest BCUT2D eigenvalue weighted by molar-refractivity contribution is 1.19. The minimum absolute atomic E-state index is 0.158. The summed E-state index contributed by atoms with van der Waals surface area (Å²) in [5.74, 6) is 0. The summed E-state index contributed by atoms with van der Waals surface area (Å²) in [6.45, 7) is 7.34. The van der Waals surface area contributed by atoms with Crippen LogP contribution in [0, 0.1) is 29.2 Å². The molecule has 0 spiro atoms. The number of nitrogens with zero attached hydrogens (tertiary/aromatic N) is 5. The summed E-state index contributed by atoms with van der Waals surface area (Å²) in [6.07, 6.45) is 0. The SMILES string of the molecule is [C-]#[N+]c1ccc(-c2cc(-c3ccc(C#N)cc3)c3nc4c5cccc6c(-c7ccc(C#N)cc7)ccc(c(=O)n4c3c2)c65)cc1. The van der Waals surface area contributed by atoms with Gasteiger partial charge in [-0.3, -0.25) is 9.20 Å². The average Bonchev–Trinajstić information content (AvgIpc) is 3.50. The van der Waals surface area contributed by atoms with Crippen LogP contribution >= 0.6 is 0 Å². The Balaban J connectivity index is 1.47. The van der Waals surface area contributed by atoms with Crippen molar-refractivity contribution in [2.45, 2.75) is 0 Å². The molecule has 6 heteroatoms. The number of rotatable bonds is 3. The molecule has 0 aliphatic heterocycles. The Kier molecular flexibility index (Phi) is 5.68. The first-order chi connectivity index (χ1) is 22.1. The Morgan fingerprint density at radius 2 is 1.27 bits per heavy atom. The molecular weight excluding hydrogens is 554 g/mol. The Hall–Kier alpha value is -6.81. The molecule has 0 atom stereocenters. The zero-order valence-corrected chi connectivity index (χ0v) is 23.6. The van der Waals surface area contributed by atoms with E-state index in [1.807, 2.05) is 72.8 Å². The van der Waals surface area contributed by atoms with Gasteiger partial charge in [-0.05, 0) is 75.7 Å². The second-order valence-corrected chi connectivity index (χ2v) is 10.9. The largest absolute Gasteiger partial charge is 0.268 e. The molecule has 0 saturated heterocycles. The highest BCUT2D eigenvalue weighted by Gasteiger charge is 2.21. The van der Waals surface area contributed by atoms with Crippen molar-refractivity contribution >= 4 is 43.9 Å². The molecule has 0 saturated carbocycles. The molecule has 0 aliphatic rings. The maximum Gasteiger partial charge on any atom is 0.264 e. The van der Waals surface area contributed by atoms with Crippen LogP contribution in [-0.4, -0.2) is 9.38 Å². The number of nitriles is 2. The minimum Gasteiger partial charge on any atom is -0.268 e. The number of hydrogen-bond acceptors (Lipinski definition) is 4. The molecule has 45 heavy (non-hydrogen) atoms. The van der Waals surface area contributed by atoms with E-state index in [0.717, 1.165) is 49.5 Å². The van der Waals surface area contributed by atoms with Gasteiger partial charge in [0.1, 0.15) is 5.65 Å². The lowest BCUT2D eigenvalue weighted by Crippen LogP contribution is -2.13. The van der Waals surface area contributed by atoms with Crippen LogP contribution in [0.25, 0.3) is 76.5 Å². The van der Waals surface area contributed by atoms with Gasteiger partial charge < -0.3 is 0 Å². The molecule has 0 fully saturated rings. The van der Waals surface area contributed by atoms with Gasteiger partial charge in [0.25, 0.3) is 5.56 Å². The first kappa shape index (κ1) is 25.9. The van der Waals surface area contributed by atoms with Crippen molar-refractivity contribution in [3.8, 4) is 45.5 Å². The number of aromatic nitrogens is 2. The molecule has 0 aliphatic carbocycles. The van der Waals surface area contributed by atoms with Gasteiger partial charge in [-0.25, -0.2) is 9.83 Å². The fraction of sp³-hybridized carbons (Fsp3) is 0. The van der Waals surface area contributed by atoms with Crippen LogP contribution in [0.4, 0.5) is 5.69 Å². The van der Waals surface area contributed by atoms with Crippen molar-refractivity contribution in [3.63, 3.8) is 0 Å². The van der Waals surface area contributed by atoms with E-state index in [1.54, 1.807) is 40.8 Å². The van der Waals surface area contributed by atoms with Gasteiger partial charge in [0, 0.05) is 21.7 Å². The highest BCUT2D eigenvalue weighted by Crippen LogP contribution is 2.39. The zero-order chi connectivity index (χ0) is 30.7. The van der Waals surface area contributed by atoms with Gasteiger partial charge in [0.15, 0.2) is 5.69 Å². The van der Waals surface area contributed by atoms with Crippen LogP contribution in [0.5, 0.6) is 0 Å². The van der Waals surface area contributed by atoms with Gasteiger partial charge in [-0.2, -0.15) is 10.5 Å². The molecule has 6 aromatic carbocycles. The van der Waals surface area contributed by atoms with E-state index < -0.39 is 0 Å². The van der Waals surface area contributed by atoms with Gasteiger partial charge in [-0.15, -0.1) is 0 Å². The molecule has 0 bridgehead atoms. The van der Waals surface area contributed by atoms with Crippen LogP contribution in [0.3, 0.4) is 0 Å². The lowest BCUT2D eigenvalue weighted by atomic mass is 9.94. The molecule has 2 aromatic heterocycles. The van der Waals surface area contributed by atoms with Gasteiger partial charge in [0.05, 0.1) is 40.9 Å². The van der Waals surface area contributed by atoms with E-state index in [2.05, 4.69) is 23.0 Å². The van der Waals surface area contributed by atoms with Crippen molar-refractivity contribution in [2.24, 2.45) is 0 Å². The van der Waals surface area contributed by atoms with Gasteiger partial charge in [-0.1, -0.05) is 72.8 Å². The summed E-state index contributed by atoms with van der Waals surface area (Å²) in [4.78, 5) is 23.0. The molecule has 0 amide bonds. The van der Waals surface area contributed by atoms with E-state index in [-0.39, 0.29) is 5.56 Å². The molecular formula is C39H19N5O. The molecule has 0 N–H and O–H groups in total. The fourth-order valence-corrected chi connectivity index (χ4v) is 6.27. The summed E-state index contributed by atoms with van der Waals surface area (Å²) in [5, 5.41) is 21.9. The highest BCUT2D eigenvalue weighted by molar-refractivity contribution is 6.19. The van der Waals surface area contributed by atoms with E-state index in [9.17, 15) is 15.3 Å². The Bertz CT molecular complexity index is 2670. The standard InChI is InChI=1S/C39H19N5O/c1-42-29-15-13-25(14-16-29)28-19-34(27-11-7-24(22-41)8-12-27)37-35(20-28)44-38(43-37)32-4-2-3-31-30(17-18-33(36(31)32)39(44)45)26-9-5-23(21-40)6-10-26/h2-20H. The van der Waals surface area contributed by atoms with E-state index in [0.29, 0.717) is 38.9 Å². The van der Waals surface area contributed by atoms with Crippen LogP contribution in [0.15, 0.2) is 120 Å². The summed E-state index contributed by atoms with van der Waals surface area (Å²) in [5.41, 5.74) is 8.91. The third kappa shape index (κ3) is 3.93. The highest BCUT2D eigenvalue weighted by atomic mass is 16.1. The quantitative estimate of drug-likeness (QED) is 0.198. The number of pyridine rings is 1. The van der Waals surface area contributed by atoms with Crippen LogP contribution in [0.2, 0.25) is 0 Å². The molecule has 6 nitrogen and oxygen atoms in total. The number of benzene rings is 6. The third-order valence-corrected chi connectivity index (χ3v) is 8.45. The Morgan fingerprint density at radius 3 is 1.91 bits per heavy atom. The van der Waals surface area contributed by atoms with Gasteiger partial charge in [0.2, 0.25) is 0 Å². The first-order valence-electron chi connectivity index (χ1n) is 14.2. The maximum atomic E-state index is 14.4. The van der Waals surface area contributed by atoms with Crippen LogP contribution in [0.1, 0.15) is 11.1 Å². The second-order valence-electron chi connectivity index (χ2n) is 10.9. The molecule has 2 heterocycles. The van der Waals surface area contributed by atoms with Crippen molar-refractivity contribution in [1.29, 1.82) is 10.5 Å². The predicted octanol–water partition coefficient (Wildman–Crippen LogP) is 8.89. The number of hydrogen-bond donors (Lipinski definition) is 0. The first-order valence-corrected chi connectivity index (χ1v) is 14.2. The maximum absolute atomic E-state index is 14.4. The second kappa shape index (κ2) is 9.89. The number of imidazole rings is 1. The summed E-state index contributed by atoms with van der Waals surface area (Å²) in [7, 11) is 0. The normalized spacial score (nSPS) is 11.1. The van der Waals surface area contributed by atoms with Gasteiger partial charge >= 0.3 is 0 Å². The lowest BCUT2D eigenvalue weighted by Gasteiger charge is -2.12. The van der Waals surface area contributed by atoms with Crippen LogP contribution in [-0.2, 0) is 0 Å². The molecule has 0 unspecified atom stereocenters. The van der Waals surface area contributed by atoms with E-state index in [1.165, 1.54) is 0 Å². The van der Waals surface area contributed by atoms with Crippen molar-refractivity contribution in [2.75, 3.05) is 0 Å². The van der Waals surface area contributed by atoms with Crippen molar-refractivity contribution in [1.82, 2.24) is 9.38 Å². The molecule has 0 radical (unpaired) electrons. The number of fused-ring (bicyclic) bond motifs is 4. The topological polar surface area (TPSA) is 86.3 Å². The van der Waals surface area contributed by atoms with Crippen molar-refractivity contribution < 1.29 is 0 Å². The summed E-state index contributed by atoms with van der Waals surface area (Å²) < 4.78 is 1.71.